The second-order valence-electron chi connectivity index (χ2n) is 7.02. The molecule has 0 radical (unpaired) electrons. The van der Waals surface area contributed by atoms with E-state index in [1.54, 1.807) is 13.1 Å². The van der Waals surface area contributed by atoms with Gasteiger partial charge in [-0.1, -0.05) is 12.1 Å². The molecule has 134 valence electrons. The third kappa shape index (κ3) is 3.11. The van der Waals surface area contributed by atoms with Gasteiger partial charge in [-0.05, 0) is 38.0 Å². The van der Waals surface area contributed by atoms with Crippen molar-refractivity contribution in [3.05, 3.63) is 35.4 Å². The van der Waals surface area contributed by atoms with E-state index in [4.69, 9.17) is 0 Å². The molecule has 4 amide bonds. The molecule has 2 fully saturated rings. The van der Waals surface area contributed by atoms with Crippen LogP contribution in [0.3, 0.4) is 0 Å². The normalized spacial score (nSPS) is 23.6. The summed E-state index contributed by atoms with van der Waals surface area (Å²) in [5.41, 5.74) is 0.820. The fraction of sp³-hybridized carbons (Fsp3) is 0.500. The SMILES string of the molecule is CNC(=O)c1cccc(CN2CC[C@]3(C2)NC(=O)N(C(C)C)C3=O)c1. The molecule has 0 aliphatic carbocycles. The predicted octanol–water partition coefficient (Wildman–Crippen LogP) is 0.951. The van der Waals surface area contributed by atoms with Gasteiger partial charge in [0.1, 0.15) is 5.54 Å². The van der Waals surface area contributed by atoms with Crippen LogP contribution in [-0.4, -0.2) is 59.4 Å². The quantitative estimate of drug-likeness (QED) is 0.797. The molecule has 0 unspecified atom stereocenters. The first-order chi connectivity index (χ1) is 11.9. The fourth-order valence-corrected chi connectivity index (χ4v) is 3.62. The van der Waals surface area contributed by atoms with Crippen LogP contribution in [0.2, 0.25) is 0 Å². The first-order valence-corrected chi connectivity index (χ1v) is 8.55. The molecule has 1 aromatic carbocycles. The fourth-order valence-electron chi connectivity index (χ4n) is 3.62. The molecule has 2 aliphatic heterocycles. The van der Waals surface area contributed by atoms with Gasteiger partial charge in [0.25, 0.3) is 11.8 Å². The van der Waals surface area contributed by atoms with Crippen LogP contribution >= 0.6 is 0 Å². The Morgan fingerprint density at radius 1 is 1.36 bits per heavy atom. The molecule has 1 aromatic rings. The predicted molar refractivity (Wildman–Crippen MR) is 93.0 cm³/mol. The van der Waals surface area contributed by atoms with E-state index in [0.717, 1.165) is 12.1 Å². The Balaban J connectivity index is 1.71. The minimum absolute atomic E-state index is 0.120. The summed E-state index contributed by atoms with van der Waals surface area (Å²) in [7, 11) is 1.61. The maximum atomic E-state index is 12.7. The number of hydrogen-bond donors (Lipinski definition) is 2. The third-order valence-electron chi connectivity index (χ3n) is 4.88. The number of carbonyl (C=O) groups excluding carboxylic acids is 3. The maximum absolute atomic E-state index is 12.7. The average Bonchev–Trinajstić information content (AvgIpc) is 3.08. The number of imide groups is 1. The highest BCUT2D eigenvalue weighted by molar-refractivity contribution is 6.07. The zero-order valence-corrected chi connectivity index (χ0v) is 14.8. The van der Waals surface area contributed by atoms with Gasteiger partial charge in [0, 0.05) is 38.3 Å². The number of hydrogen-bond acceptors (Lipinski definition) is 4. The Labute approximate surface area is 147 Å². The van der Waals surface area contributed by atoms with E-state index >= 15 is 0 Å². The number of urea groups is 1. The molecule has 1 atom stereocenters. The van der Waals surface area contributed by atoms with Gasteiger partial charge < -0.3 is 10.6 Å². The topological polar surface area (TPSA) is 81.8 Å². The number of carbonyl (C=O) groups is 3. The number of benzene rings is 1. The zero-order valence-electron chi connectivity index (χ0n) is 14.8. The maximum Gasteiger partial charge on any atom is 0.325 e. The first kappa shape index (κ1) is 17.4. The van der Waals surface area contributed by atoms with Crippen molar-refractivity contribution in [2.24, 2.45) is 0 Å². The van der Waals surface area contributed by atoms with Crippen molar-refractivity contribution < 1.29 is 14.4 Å². The number of nitrogens with one attached hydrogen (secondary N) is 2. The van der Waals surface area contributed by atoms with E-state index in [1.807, 2.05) is 32.0 Å². The van der Waals surface area contributed by atoms with E-state index < -0.39 is 5.54 Å². The molecule has 2 heterocycles. The van der Waals surface area contributed by atoms with Crippen molar-refractivity contribution in [1.82, 2.24) is 20.4 Å². The molecule has 2 aliphatic rings. The smallest absolute Gasteiger partial charge is 0.325 e. The number of nitrogens with zero attached hydrogens (tertiary/aromatic N) is 2. The molecule has 7 nitrogen and oxygen atoms in total. The zero-order chi connectivity index (χ0) is 18.2. The van der Waals surface area contributed by atoms with Gasteiger partial charge in [-0.15, -0.1) is 0 Å². The van der Waals surface area contributed by atoms with Crippen LogP contribution < -0.4 is 10.6 Å². The van der Waals surface area contributed by atoms with Crippen LogP contribution in [-0.2, 0) is 11.3 Å². The number of rotatable bonds is 4. The van der Waals surface area contributed by atoms with Crippen LogP contribution in [0.25, 0.3) is 0 Å². The minimum atomic E-state index is -0.806. The molecule has 1 spiro atoms. The average molecular weight is 344 g/mol. The van der Waals surface area contributed by atoms with Gasteiger partial charge in [0.05, 0.1) is 0 Å². The van der Waals surface area contributed by atoms with Crippen LogP contribution in [0.5, 0.6) is 0 Å². The monoisotopic (exact) mass is 344 g/mol. The summed E-state index contributed by atoms with van der Waals surface area (Å²) in [6, 6.07) is 7.00. The van der Waals surface area contributed by atoms with Crippen molar-refractivity contribution >= 4 is 17.8 Å². The van der Waals surface area contributed by atoms with Crippen molar-refractivity contribution in [1.29, 1.82) is 0 Å². The van der Waals surface area contributed by atoms with Gasteiger partial charge in [-0.25, -0.2) is 4.79 Å². The first-order valence-electron chi connectivity index (χ1n) is 8.55. The molecule has 7 heteroatoms. The molecule has 25 heavy (non-hydrogen) atoms. The lowest BCUT2D eigenvalue weighted by molar-refractivity contribution is -0.132. The van der Waals surface area contributed by atoms with E-state index in [-0.39, 0.29) is 23.9 Å². The van der Waals surface area contributed by atoms with Gasteiger partial charge in [-0.3, -0.25) is 19.4 Å². The van der Waals surface area contributed by atoms with Crippen LogP contribution in [0.15, 0.2) is 24.3 Å². The lowest BCUT2D eigenvalue weighted by Crippen LogP contribution is -2.49. The molecule has 0 aromatic heterocycles. The second kappa shape index (κ2) is 6.48. The Morgan fingerprint density at radius 3 is 2.76 bits per heavy atom. The summed E-state index contributed by atoms with van der Waals surface area (Å²) in [5.74, 6) is -0.250. The minimum Gasteiger partial charge on any atom is -0.355 e. The Bertz CT molecular complexity index is 718. The van der Waals surface area contributed by atoms with Crippen molar-refractivity contribution in [3.63, 3.8) is 0 Å². The summed E-state index contributed by atoms with van der Waals surface area (Å²) < 4.78 is 0. The Kier molecular flexibility index (Phi) is 4.51. The van der Waals surface area contributed by atoms with E-state index in [1.165, 1.54) is 4.90 Å². The van der Waals surface area contributed by atoms with Crippen LogP contribution in [0, 0.1) is 0 Å². The standard InChI is InChI=1S/C18H24N4O3/c1-12(2)22-16(24)18(20-17(22)25)7-8-21(11-18)10-13-5-4-6-14(9-13)15(23)19-3/h4-6,9,12H,7-8,10-11H2,1-3H3,(H,19,23)(H,20,25)/t18-/m1/s1. The van der Waals surface area contributed by atoms with Gasteiger partial charge >= 0.3 is 6.03 Å². The van der Waals surface area contributed by atoms with Gasteiger partial charge in [0.15, 0.2) is 0 Å². The summed E-state index contributed by atoms with van der Waals surface area (Å²) in [6.45, 7) is 5.53. The molecule has 0 bridgehead atoms. The van der Waals surface area contributed by atoms with Crippen LogP contribution in [0.1, 0.15) is 36.2 Å². The number of likely N-dealkylation sites (tertiary alicyclic amines) is 1. The molecule has 0 saturated carbocycles. The summed E-state index contributed by atoms with van der Waals surface area (Å²) in [5, 5.41) is 5.51. The summed E-state index contributed by atoms with van der Waals surface area (Å²) in [4.78, 5) is 40.1. The van der Waals surface area contributed by atoms with Crippen molar-refractivity contribution in [3.8, 4) is 0 Å². The highest BCUT2D eigenvalue weighted by atomic mass is 16.2. The van der Waals surface area contributed by atoms with Crippen molar-refractivity contribution in [2.45, 2.75) is 38.4 Å². The highest BCUT2D eigenvalue weighted by Crippen LogP contribution is 2.30. The van der Waals surface area contributed by atoms with Gasteiger partial charge in [0.2, 0.25) is 0 Å². The second-order valence-corrected chi connectivity index (χ2v) is 7.02. The number of amides is 4. The lowest BCUT2D eigenvalue weighted by atomic mass is 9.98. The van der Waals surface area contributed by atoms with E-state index in [9.17, 15) is 14.4 Å². The van der Waals surface area contributed by atoms with Gasteiger partial charge in [-0.2, -0.15) is 0 Å². The molecule has 3 rings (SSSR count). The van der Waals surface area contributed by atoms with Crippen molar-refractivity contribution in [2.75, 3.05) is 20.1 Å². The molecule has 2 N–H and O–H groups in total. The van der Waals surface area contributed by atoms with E-state index in [2.05, 4.69) is 15.5 Å². The highest BCUT2D eigenvalue weighted by Gasteiger charge is 2.55. The Hall–Kier alpha value is -2.41. The van der Waals surface area contributed by atoms with Crippen LogP contribution in [0.4, 0.5) is 4.79 Å². The largest absolute Gasteiger partial charge is 0.355 e. The third-order valence-corrected chi connectivity index (χ3v) is 4.88. The molecule has 2 saturated heterocycles. The molecular formula is C18H24N4O3. The lowest BCUT2D eigenvalue weighted by Gasteiger charge is -2.23. The summed E-state index contributed by atoms with van der Waals surface area (Å²) >= 11 is 0. The Morgan fingerprint density at radius 2 is 2.12 bits per heavy atom. The van der Waals surface area contributed by atoms with E-state index in [0.29, 0.717) is 25.1 Å². The molecular weight excluding hydrogens is 320 g/mol. The summed E-state index contributed by atoms with van der Waals surface area (Å²) in [6.07, 6.45) is 0.607.